The number of pyridine rings is 1. The minimum absolute atomic E-state index is 0.0160. The Kier molecular flexibility index (Phi) is 4.30. The Bertz CT molecular complexity index is 405. The number of nitrogens with zero attached hydrogens (tertiary/aromatic N) is 2. The molecule has 0 unspecified atom stereocenters. The smallest absolute Gasteiger partial charge is 0.433 e. The molecule has 7 heteroatoms. The summed E-state index contributed by atoms with van der Waals surface area (Å²) in [7, 11) is 1.37. The normalized spacial score (nSPS) is 12.4. The van der Waals surface area contributed by atoms with Crippen LogP contribution >= 0.6 is 0 Å². The fourth-order valence-electron chi connectivity index (χ4n) is 1.01. The molecule has 17 heavy (non-hydrogen) atoms. The van der Waals surface area contributed by atoms with Gasteiger partial charge in [0.1, 0.15) is 19.4 Å². The van der Waals surface area contributed by atoms with E-state index in [1.165, 1.54) is 19.2 Å². The van der Waals surface area contributed by atoms with Gasteiger partial charge in [0.15, 0.2) is 0 Å². The molecule has 4 nitrogen and oxygen atoms in total. The molecule has 0 atom stereocenters. The summed E-state index contributed by atoms with van der Waals surface area (Å²) in [6.45, 7) is 1.64. The average Bonchev–Trinajstić information content (AvgIpc) is 2.26. The summed E-state index contributed by atoms with van der Waals surface area (Å²) in [6.07, 6.45) is -4.48. The minimum atomic E-state index is -4.48. The van der Waals surface area contributed by atoms with Gasteiger partial charge in [-0.1, -0.05) is 11.2 Å². The molecule has 0 fully saturated rings. The predicted molar refractivity (Wildman–Crippen MR) is 54.9 cm³/mol. The van der Waals surface area contributed by atoms with Gasteiger partial charge < -0.3 is 9.57 Å². The summed E-state index contributed by atoms with van der Waals surface area (Å²) >= 11 is 0. The van der Waals surface area contributed by atoms with Crippen LogP contribution in [0.3, 0.4) is 0 Å². The molecule has 0 aromatic carbocycles. The lowest BCUT2D eigenvalue weighted by atomic mass is 10.3. The Balaban J connectivity index is 2.70. The van der Waals surface area contributed by atoms with E-state index in [1.54, 1.807) is 6.92 Å². The quantitative estimate of drug-likeness (QED) is 0.607. The maximum absolute atomic E-state index is 12.3. The summed E-state index contributed by atoms with van der Waals surface area (Å²) in [4.78, 5) is 7.81. The number of halogens is 3. The summed E-state index contributed by atoms with van der Waals surface area (Å²) in [5.74, 6) is -0.106. The third-order valence-corrected chi connectivity index (χ3v) is 1.69. The summed E-state index contributed by atoms with van der Waals surface area (Å²) in [5.41, 5.74) is -0.497. The number of aromatic nitrogens is 1. The summed E-state index contributed by atoms with van der Waals surface area (Å²) in [5, 5.41) is 3.55. The van der Waals surface area contributed by atoms with Crippen LogP contribution < -0.4 is 4.74 Å². The predicted octanol–water partition coefficient (Wildman–Crippen LogP) is 2.50. The van der Waals surface area contributed by atoms with Crippen molar-refractivity contribution in [3.05, 3.63) is 23.9 Å². The Morgan fingerprint density at radius 1 is 1.41 bits per heavy atom. The van der Waals surface area contributed by atoms with Crippen LogP contribution in [0, 0.1) is 0 Å². The molecule has 0 aliphatic heterocycles. The Labute approximate surface area is 96.0 Å². The van der Waals surface area contributed by atoms with Crippen LogP contribution in [0.25, 0.3) is 0 Å². The lowest BCUT2D eigenvalue weighted by molar-refractivity contribution is -0.141. The summed E-state index contributed by atoms with van der Waals surface area (Å²) in [6, 6.07) is 3.45. The zero-order valence-electron chi connectivity index (χ0n) is 9.28. The van der Waals surface area contributed by atoms with Crippen molar-refractivity contribution in [1.82, 2.24) is 4.98 Å². The number of ether oxygens (including phenoxy) is 1. The monoisotopic (exact) mass is 248 g/mol. The van der Waals surface area contributed by atoms with Crippen molar-refractivity contribution < 1.29 is 22.7 Å². The third kappa shape index (κ3) is 4.29. The molecule has 94 valence electrons. The minimum Gasteiger partial charge on any atom is -0.471 e. The van der Waals surface area contributed by atoms with Gasteiger partial charge in [-0.15, -0.1) is 0 Å². The van der Waals surface area contributed by atoms with Gasteiger partial charge in [-0.25, -0.2) is 4.98 Å². The van der Waals surface area contributed by atoms with Gasteiger partial charge in [0.2, 0.25) is 5.88 Å². The van der Waals surface area contributed by atoms with Crippen molar-refractivity contribution in [2.24, 2.45) is 5.16 Å². The standard InChI is InChI=1S/C10H11F3N2O2/c1-7(15-16-2)6-17-9-5-3-4-8(14-9)10(11,12)13/h3-5H,6H2,1-2H3. The first-order chi connectivity index (χ1) is 7.93. The molecule has 0 aliphatic carbocycles. The van der Waals surface area contributed by atoms with Crippen LogP contribution in [0.15, 0.2) is 23.4 Å². The van der Waals surface area contributed by atoms with Crippen LogP contribution in [0.5, 0.6) is 5.88 Å². The van der Waals surface area contributed by atoms with E-state index in [9.17, 15) is 13.2 Å². The molecule has 0 amide bonds. The molecular formula is C10H11F3N2O2. The van der Waals surface area contributed by atoms with Gasteiger partial charge >= 0.3 is 6.18 Å². The molecule has 0 aliphatic rings. The lowest BCUT2D eigenvalue weighted by Crippen LogP contribution is -2.12. The first-order valence-corrected chi connectivity index (χ1v) is 4.67. The van der Waals surface area contributed by atoms with Crippen LogP contribution in [0.2, 0.25) is 0 Å². The van der Waals surface area contributed by atoms with Crippen molar-refractivity contribution in [2.45, 2.75) is 13.1 Å². The highest BCUT2D eigenvalue weighted by Crippen LogP contribution is 2.28. The molecule has 0 saturated heterocycles. The average molecular weight is 248 g/mol. The van der Waals surface area contributed by atoms with Crippen molar-refractivity contribution in [3.8, 4) is 5.88 Å². The Hall–Kier alpha value is -1.79. The number of oxime groups is 1. The first-order valence-electron chi connectivity index (χ1n) is 4.67. The van der Waals surface area contributed by atoms with Crippen molar-refractivity contribution in [2.75, 3.05) is 13.7 Å². The molecule has 1 aromatic rings. The second kappa shape index (κ2) is 5.51. The highest BCUT2D eigenvalue weighted by Gasteiger charge is 2.32. The fourth-order valence-corrected chi connectivity index (χ4v) is 1.01. The van der Waals surface area contributed by atoms with E-state index in [4.69, 9.17) is 4.74 Å². The largest absolute Gasteiger partial charge is 0.471 e. The summed E-state index contributed by atoms with van der Waals surface area (Å²) < 4.78 is 42.0. The van der Waals surface area contributed by atoms with E-state index in [0.29, 0.717) is 5.71 Å². The third-order valence-electron chi connectivity index (χ3n) is 1.69. The highest BCUT2D eigenvalue weighted by atomic mass is 19.4. The zero-order valence-corrected chi connectivity index (χ0v) is 9.28. The van der Waals surface area contributed by atoms with Gasteiger partial charge in [-0.2, -0.15) is 13.2 Å². The van der Waals surface area contributed by atoms with E-state index in [2.05, 4.69) is 15.0 Å². The number of alkyl halides is 3. The van der Waals surface area contributed by atoms with Crippen molar-refractivity contribution in [1.29, 1.82) is 0 Å². The molecule has 0 spiro atoms. The fraction of sp³-hybridized carbons (Fsp3) is 0.400. The molecule has 0 bridgehead atoms. The Morgan fingerprint density at radius 2 is 2.12 bits per heavy atom. The first kappa shape index (κ1) is 13.3. The molecular weight excluding hydrogens is 237 g/mol. The second-order valence-electron chi connectivity index (χ2n) is 3.16. The van der Waals surface area contributed by atoms with Gasteiger partial charge in [-0.3, -0.25) is 0 Å². The number of hydrogen-bond donors (Lipinski definition) is 0. The van der Waals surface area contributed by atoms with Gasteiger partial charge in [0, 0.05) is 6.07 Å². The topological polar surface area (TPSA) is 43.7 Å². The molecule has 1 heterocycles. The maximum Gasteiger partial charge on any atom is 0.433 e. The van der Waals surface area contributed by atoms with E-state index in [-0.39, 0.29) is 12.5 Å². The second-order valence-corrected chi connectivity index (χ2v) is 3.16. The van der Waals surface area contributed by atoms with E-state index >= 15 is 0 Å². The van der Waals surface area contributed by atoms with Crippen LogP contribution in [-0.4, -0.2) is 24.4 Å². The number of hydrogen-bond acceptors (Lipinski definition) is 4. The van der Waals surface area contributed by atoms with Gasteiger partial charge in [0.05, 0.1) is 5.71 Å². The molecule has 0 radical (unpaired) electrons. The van der Waals surface area contributed by atoms with Crippen molar-refractivity contribution >= 4 is 5.71 Å². The maximum atomic E-state index is 12.3. The van der Waals surface area contributed by atoms with E-state index < -0.39 is 11.9 Å². The lowest BCUT2D eigenvalue weighted by Gasteiger charge is -2.08. The molecule has 1 rings (SSSR count). The van der Waals surface area contributed by atoms with Gasteiger partial charge in [0.25, 0.3) is 0 Å². The van der Waals surface area contributed by atoms with E-state index in [1.807, 2.05) is 0 Å². The van der Waals surface area contributed by atoms with Gasteiger partial charge in [-0.05, 0) is 13.0 Å². The number of rotatable bonds is 4. The van der Waals surface area contributed by atoms with Crippen molar-refractivity contribution in [3.63, 3.8) is 0 Å². The zero-order chi connectivity index (χ0) is 12.9. The van der Waals surface area contributed by atoms with Crippen LogP contribution in [0.1, 0.15) is 12.6 Å². The van der Waals surface area contributed by atoms with E-state index in [0.717, 1.165) is 6.07 Å². The SMILES string of the molecule is CON=C(C)COc1cccc(C(F)(F)F)n1. The molecule has 0 N–H and O–H groups in total. The van der Waals surface area contributed by atoms with Crippen LogP contribution in [-0.2, 0) is 11.0 Å². The molecule has 0 saturated carbocycles. The highest BCUT2D eigenvalue weighted by molar-refractivity contribution is 5.82. The Morgan fingerprint density at radius 3 is 2.71 bits per heavy atom. The molecule has 1 aromatic heterocycles. The van der Waals surface area contributed by atoms with Crippen LogP contribution in [0.4, 0.5) is 13.2 Å².